The third-order valence-electron chi connectivity index (χ3n) is 3.91. The molecule has 142 valence electrons. The minimum atomic E-state index is -0.311. The first kappa shape index (κ1) is 20.1. The van der Waals surface area contributed by atoms with E-state index < -0.39 is 0 Å². The highest BCUT2D eigenvalue weighted by atomic mass is 19.1. The van der Waals surface area contributed by atoms with Crippen LogP contribution in [0.25, 0.3) is 11.4 Å². The van der Waals surface area contributed by atoms with Gasteiger partial charge in [-0.2, -0.15) is 4.98 Å². The molecule has 1 aromatic heterocycles. The maximum absolute atomic E-state index is 13.7. The standard InChI is InChI=1S/C20H28FN3O2/c1-13-7-8-14(11-15(13)21)18-22-17(26-24-18)10-9-16(25)23-20(5,6)12-19(2,3)4/h7-8,11H,9-10,12H2,1-6H3,(H,23,25). The molecule has 1 amide bonds. The highest BCUT2D eigenvalue weighted by molar-refractivity contribution is 5.76. The Labute approximate surface area is 154 Å². The molecular weight excluding hydrogens is 333 g/mol. The molecule has 0 aliphatic rings. The van der Waals surface area contributed by atoms with Gasteiger partial charge < -0.3 is 9.84 Å². The number of nitrogens with one attached hydrogen (secondary N) is 1. The number of aromatic nitrogens is 2. The summed E-state index contributed by atoms with van der Waals surface area (Å²) in [4.78, 5) is 16.5. The van der Waals surface area contributed by atoms with Crippen LogP contribution < -0.4 is 5.32 Å². The van der Waals surface area contributed by atoms with Crippen molar-refractivity contribution in [3.8, 4) is 11.4 Å². The van der Waals surface area contributed by atoms with Gasteiger partial charge in [0.05, 0.1) is 0 Å². The molecule has 1 N–H and O–H groups in total. The minimum absolute atomic E-state index is 0.0552. The van der Waals surface area contributed by atoms with Gasteiger partial charge >= 0.3 is 0 Å². The Morgan fingerprint density at radius 2 is 1.92 bits per heavy atom. The molecule has 0 radical (unpaired) electrons. The number of halogens is 1. The summed E-state index contributed by atoms with van der Waals surface area (Å²) in [6.45, 7) is 12.2. The molecular formula is C20H28FN3O2. The zero-order chi connectivity index (χ0) is 19.5. The fraction of sp³-hybridized carbons (Fsp3) is 0.550. The van der Waals surface area contributed by atoms with Crippen molar-refractivity contribution in [2.24, 2.45) is 5.41 Å². The Hall–Kier alpha value is -2.24. The van der Waals surface area contributed by atoms with Crippen LogP contribution in [-0.4, -0.2) is 21.6 Å². The number of benzene rings is 1. The number of hydrogen-bond donors (Lipinski definition) is 1. The van der Waals surface area contributed by atoms with Crippen LogP contribution in [0.5, 0.6) is 0 Å². The Morgan fingerprint density at radius 1 is 1.23 bits per heavy atom. The van der Waals surface area contributed by atoms with Gasteiger partial charge in [0, 0.05) is 23.9 Å². The van der Waals surface area contributed by atoms with Gasteiger partial charge in [-0.05, 0) is 44.2 Å². The molecule has 0 saturated heterocycles. The lowest BCUT2D eigenvalue weighted by molar-refractivity contribution is -0.123. The molecule has 0 saturated carbocycles. The number of hydrogen-bond acceptors (Lipinski definition) is 4. The van der Waals surface area contributed by atoms with Crippen LogP contribution >= 0.6 is 0 Å². The molecule has 0 bridgehead atoms. The van der Waals surface area contributed by atoms with Crippen LogP contribution in [0.2, 0.25) is 0 Å². The normalized spacial score (nSPS) is 12.3. The Bertz CT molecular complexity index is 776. The highest BCUT2D eigenvalue weighted by Crippen LogP contribution is 2.27. The molecule has 0 spiro atoms. The van der Waals surface area contributed by atoms with Crippen molar-refractivity contribution in [1.82, 2.24) is 15.5 Å². The number of rotatable bonds is 6. The molecule has 2 rings (SSSR count). The Kier molecular flexibility index (Phi) is 5.84. The van der Waals surface area contributed by atoms with Gasteiger partial charge in [-0.25, -0.2) is 4.39 Å². The molecule has 1 aromatic carbocycles. The van der Waals surface area contributed by atoms with Gasteiger partial charge in [-0.3, -0.25) is 4.79 Å². The maximum Gasteiger partial charge on any atom is 0.227 e. The summed E-state index contributed by atoms with van der Waals surface area (Å²) in [5.74, 6) is 0.326. The van der Waals surface area contributed by atoms with Gasteiger partial charge in [0.25, 0.3) is 0 Å². The van der Waals surface area contributed by atoms with E-state index in [9.17, 15) is 9.18 Å². The van der Waals surface area contributed by atoms with Gasteiger partial charge in [0.15, 0.2) is 0 Å². The molecule has 2 aromatic rings. The predicted octanol–water partition coefficient (Wildman–Crippen LogP) is 4.45. The number of carbonyl (C=O) groups excluding carboxylic acids is 1. The molecule has 26 heavy (non-hydrogen) atoms. The first-order valence-electron chi connectivity index (χ1n) is 8.85. The summed E-state index contributed by atoms with van der Waals surface area (Å²) < 4.78 is 18.8. The zero-order valence-corrected chi connectivity index (χ0v) is 16.4. The van der Waals surface area contributed by atoms with E-state index in [-0.39, 0.29) is 29.1 Å². The summed E-state index contributed by atoms with van der Waals surface area (Å²) >= 11 is 0. The molecule has 0 fully saturated rings. The molecule has 6 heteroatoms. The smallest absolute Gasteiger partial charge is 0.227 e. The van der Waals surface area contributed by atoms with Crippen LogP contribution in [0.3, 0.4) is 0 Å². The van der Waals surface area contributed by atoms with E-state index in [1.807, 2.05) is 13.8 Å². The van der Waals surface area contributed by atoms with E-state index >= 15 is 0 Å². The maximum atomic E-state index is 13.7. The second-order valence-electron chi connectivity index (χ2n) is 8.65. The minimum Gasteiger partial charge on any atom is -0.351 e. The average molecular weight is 361 g/mol. The monoisotopic (exact) mass is 361 g/mol. The van der Waals surface area contributed by atoms with Crippen molar-refractivity contribution in [3.63, 3.8) is 0 Å². The number of aryl methyl sites for hydroxylation is 2. The first-order chi connectivity index (χ1) is 12.0. The largest absolute Gasteiger partial charge is 0.351 e. The highest BCUT2D eigenvalue weighted by Gasteiger charge is 2.27. The van der Waals surface area contributed by atoms with Gasteiger partial charge in [0.1, 0.15) is 5.82 Å². The molecule has 5 nitrogen and oxygen atoms in total. The SMILES string of the molecule is Cc1ccc(-c2noc(CCC(=O)NC(C)(C)CC(C)(C)C)n2)cc1F. The number of amides is 1. The third kappa shape index (κ3) is 5.93. The summed E-state index contributed by atoms with van der Waals surface area (Å²) in [5, 5.41) is 6.93. The van der Waals surface area contributed by atoms with E-state index in [1.54, 1.807) is 19.1 Å². The predicted molar refractivity (Wildman–Crippen MR) is 99.0 cm³/mol. The van der Waals surface area contributed by atoms with E-state index in [0.29, 0.717) is 29.3 Å². The summed E-state index contributed by atoms with van der Waals surface area (Å²) in [6.07, 6.45) is 1.48. The van der Waals surface area contributed by atoms with E-state index in [2.05, 4.69) is 36.2 Å². The average Bonchev–Trinajstić information content (AvgIpc) is 2.94. The van der Waals surface area contributed by atoms with E-state index in [4.69, 9.17) is 4.52 Å². The summed E-state index contributed by atoms with van der Waals surface area (Å²) in [6, 6.07) is 4.80. The van der Waals surface area contributed by atoms with Crippen molar-refractivity contribution >= 4 is 5.91 Å². The molecule has 0 aliphatic carbocycles. The summed E-state index contributed by atoms with van der Waals surface area (Å²) in [7, 11) is 0. The van der Waals surface area contributed by atoms with E-state index in [1.165, 1.54) is 6.07 Å². The summed E-state index contributed by atoms with van der Waals surface area (Å²) in [5.41, 5.74) is 0.960. The van der Waals surface area contributed by atoms with Crippen LogP contribution in [0, 0.1) is 18.2 Å². The van der Waals surface area contributed by atoms with Crippen LogP contribution in [-0.2, 0) is 11.2 Å². The number of carbonyl (C=O) groups is 1. The topological polar surface area (TPSA) is 68.0 Å². The fourth-order valence-electron chi connectivity index (χ4n) is 3.24. The van der Waals surface area contributed by atoms with Crippen LogP contribution in [0.1, 0.15) is 58.9 Å². The van der Waals surface area contributed by atoms with Crippen molar-refractivity contribution in [1.29, 1.82) is 0 Å². The lowest BCUT2D eigenvalue weighted by Crippen LogP contribution is -2.45. The van der Waals surface area contributed by atoms with Gasteiger partial charge in [0.2, 0.25) is 17.6 Å². The van der Waals surface area contributed by atoms with Gasteiger partial charge in [-0.15, -0.1) is 0 Å². The number of nitrogens with zero attached hydrogens (tertiary/aromatic N) is 2. The first-order valence-corrected chi connectivity index (χ1v) is 8.85. The second kappa shape index (κ2) is 7.56. The Morgan fingerprint density at radius 3 is 2.54 bits per heavy atom. The molecule has 0 unspecified atom stereocenters. The second-order valence-corrected chi connectivity index (χ2v) is 8.65. The van der Waals surface area contributed by atoms with Crippen LogP contribution in [0.15, 0.2) is 22.7 Å². The van der Waals surface area contributed by atoms with Crippen LogP contribution in [0.4, 0.5) is 4.39 Å². The molecule has 0 aliphatic heterocycles. The van der Waals surface area contributed by atoms with Crippen molar-refractivity contribution in [2.45, 2.75) is 66.3 Å². The lowest BCUT2D eigenvalue weighted by Gasteiger charge is -2.33. The van der Waals surface area contributed by atoms with Crippen molar-refractivity contribution < 1.29 is 13.7 Å². The quantitative estimate of drug-likeness (QED) is 0.825. The Balaban J connectivity index is 1.93. The van der Waals surface area contributed by atoms with Gasteiger partial charge in [-0.1, -0.05) is 38.1 Å². The van der Waals surface area contributed by atoms with E-state index in [0.717, 1.165) is 6.42 Å². The van der Waals surface area contributed by atoms with Crippen molar-refractivity contribution in [2.75, 3.05) is 0 Å². The lowest BCUT2D eigenvalue weighted by atomic mass is 9.82. The molecule has 1 heterocycles. The van der Waals surface area contributed by atoms with Crippen molar-refractivity contribution in [3.05, 3.63) is 35.5 Å². The third-order valence-corrected chi connectivity index (χ3v) is 3.91. The molecule has 0 atom stereocenters. The zero-order valence-electron chi connectivity index (χ0n) is 16.4. The fourth-order valence-corrected chi connectivity index (χ4v) is 3.24.